The average Bonchev–Trinajstić information content (AvgIpc) is 2.91. The molecule has 1 fully saturated rings. The van der Waals surface area contributed by atoms with Crippen LogP contribution in [0.1, 0.15) is 56.0 Å². The number of hydrogen-bond acceptors (Lipinski definition) is 6. The molecule has 0 saturated carbocycles. The second-order valence-corrected chi connectivity index (χ2v) is 9.49. The smallest absolute Gasteiger partial charge is 0.295 e. The second-order valence-electron chi connectivity index (χ2n) is 9.49. The van der Waals surface area contributed by atoms with Crippen LogP contribution in [0.25, 0.3) is 11.0 Å². The van der Waals surface area contributed by atoms with Crippen LogP contribution in [-0.2, 0) is 7.05 Å². The number of nitriles is 1. The molecule has 2 aliphatic rings. The molecule has 7 nitrogen and oxygen atoms in total. The number of rotatable bonds is 5. The molecule has 0 bridgehead atoms. The average molecular weight is 494 g/mol. The number of aryl methyl sites for hydroxylation is 1. The lowest BCUT2D eigenvalue weighted by Gasteiger charge is -2.51. The molecule has 1 aromatic carbocycles. The third kappa shape index (κ3) is 3.90. The number of alkyl halides is 2. The zero-order valence-corrected chi connectivity index (χ0v) is 20.6. The fraction of sp³-hybridized carbons (Fsp3) is 0.444. The summed E-state index contributed by atoms with van der Waals surface area (Å²) in [6.07, 6.45) is -0.765. The van der Waals surface area contributed by atoms with E-state index in [1.165, 1.54) is 16.7 Å². The minimum atomic E-state index is -2.48. The molecule has 1 unspecified atom stereocenters. The van der Waals surface area contributed by atoms with E-state index in [-0.39, 0.29) is 40.7 Å². The van der Waals surface area contributed by atoms with Gasteiger partial charge in [-0.1, -0.05) is 38.1 Å². The molecule has 2 aliphatic heterocycles. The zero-order valence-electron chi connectivity index (χ0n) is 20.6. The van der Waals surface area contributed by atoms with Crippen molar-refractivity contribution in [3.8, 4) is 11.8 Å². The summed E-state index contributed by atoms with van der Waals surface area (Å²) in [4.78, 5) is 22.4. The van der Waals surface area contributed by atoms with Crippen molar-refractivity contribution in [1.82, 2.24) is 14.5 Å². The van der Waals surface area contributed by atoms with Crippen molar-refractivity contribution < 1.29 is 13.5 Å². The monoisotopic (exact) mass is 493 g/mol. The van der Waals surface area contributed by atoms with Crippen LogP contribution >= 0.6 is 0 Å². The minimum absolute atomic E-state index is 0.0162. The number of pyridine rings is 2. The molecule has 36 heavy (non-hydrogen) atoms. The number of aromatic nitrogens is 2. The maximum absolute atomic E-state index is 13.1. The van der Waals surface area contributed by atoms with Crippen LogP contribution in [0.3, 0.4) is 0 Å². The molecule has 2 aromatic heterocycles. The summed E-state index contributed by atoms with van der Waals surface area (Å²) in [6, 6.07) is 12.4. The molecule has 3 aromatic rings. The third-order valence-electron chi connectivity index (χ3n) is 7.57. The normalized spacial score (nSPS) is 20.5. The van der Waals surface area contributed by atoms with E-state index in [0.717, 1.165) is 18.4 Å². The molecular weight excluding hydrogens is 464 g/mol. The largest absolute Gasteiger partial charge is 0.484 e. The van der Waals surface area contributed by atoms with Gasteiger partial charge in [0.1, 0.15) is 29.6 Å². The van der Waals surface area contributed by atoms with Crippen LogP contribution in [0.5, 0.6) is 5.75 Å². The molecule has 0 amide bonds. The number of piperazine rings is 1. The van der Waals surface area contributed by atoms with Crippen LogP contribution < -0.4 is 15.2 Å². The Bertz CT molecular complexity index is 1380. The molecule has 188 valence electrons. The molecule has 9 heteroatoms. The van der Waals surface area contributed by atoms with E-state index in [4.69, 9.17) is 4.74 Å². The van der Waals surface area contributed by atoms with Gasteiger partial charge in [-0.3, -0.25) is 9.69 Å². The first kappa shape index (κ1) is 24.2. The first-order chi connectivity index (χ1) is 17.4. The molecule has 4 heterocycles. The highest BCUT2D eigenvalue weighted by Crippen LogP contribution is 2.41. The van der Waals surface area contributed by atoms with Crippen molar-refractivity contribution in [3.05, 3.63) is 63.6 Å². The Balaban J connectivity index is 1.54. The molecule has 1 saturated heterocycles. The van der Waals surface area contributed by atoms with Gasteiger partial charge in [-0.05, 0) is 30.5 Å². The Kier molecular flexibility index (Phi) is 6.39. The standard InChI is InChI=1S/C27H29F2N5O2/c1-4-19-13-34-20(14-33(19)21(5-2)16-6-8-17(9-7-16)26(28)29)15-36-25-24(34)23-22(32(3)27(25)35)11-10-18(12-30)31-23/h6-11,19-21,26H,4-5,13-15H2,1-3H3/t19-,20+,21?/m1/s1. The van der Waals surface area contributed by atoms with E-state index in [2.05, 4.69) is 34.7 Å². The summed E-state index contributed by atoms with van der Waals surface area (Å²) in [5.74, 6) is 0.279. The summed E-state index contributed by atoms with van der Waals surface area (Å²) in [5, 5.41) is 9.44. The van der Waals surface area contributed by atoms with Crippen LogP contribution in [0, 0.1) is 11.3 Å². The number of hydrogen-bond donors (Lipinski definition) is 0. The predicted molar refractivity (Wildman–Crippen MR) is 134 cm³/mol. The Morgan fingerprint density at radius 2 is 1.86 bits per heavy atom. The van der Waals surface area contributed by atoms with Gasteiger partial charge in [0.15, 0.2) is 0 Å². The van der Waals surface area contributed by atoms with Gasteiger partial charge in [-0.15, -0.1) is 0 Å². The zero-order chi connectivity index (χ0) is 25.6. The van der Waals surface area contributed by atoms with Gasteiger partial charge in [0.25, 0.3) is 12.0 Å². The number of benzene rings is 1. The van der Waals surface area contributed by atoms with Gasteiger partial charge < -0.3 is 14.2 Å². The number of fused-ring (bicyclic) bond motifs is 5. The Hall–Kier alpha value is -3.51. The quantitative estimate of drug-likeness (QED) is 0.519. The molecule has 0 radical (unpaired) electrons. The lowest BCUT2D eigenvalue weighted by Crippen LogP contribution is -2.62. The van der Waals surface area contributed by atoms with E-state index >= 15 is 0 Å². The lowest BCUT2D eigenvalue weighted by molar-refractivity contribution is 0.0719. The van der Waals surface area contributed by atoms with Crippen molar-refractivity contribution in [3.63, 3.8) is 0 Å². The molecule has 3 atom stereocenters. The summed E-state index contributed by atoms with van der Waals surface area (Å²) in [7, 11) is 1.69. The molecule has 5 rings (SSSR count). The first-order valence-electron chi connectivity index (χ1n) is 12.3. The highest BCUT2D eigenvalue weighted by Gasteiger charge is 2.42. The van der Waals surface area contributed by atoms with Crippen LogP contribution in [0.4, 0.5) is 14.5 Å². The maximum atomic E-state index is 13.1. The van der Waals surface area contributed by atoms with Gasteiger partial charge in [-0.25, -0.2) is 13.8 Å². The highest BCUT2D eigenvalue weighted by atomic mass is 19.3. The van der Waals surface area contributed by atoms with E-state index in [1.807, 2.05) is 12.1 Å². The van der Waals surface area contributed by atoms with Gasteiger partial charge >= 0.3 is 0 Å². The molecular formula is C27H29F2N5O2. The maximum Gasteiger partial charge on any atom is 0.295 e. The van der Waals surface area contributed by atoms with Gasteiger partial charge in [0, 0.05) is 37.8 Å². The number of ether oxygens (including phenoxy) is 1. The minimum Gasteiger partial charge on any atom is -0.484 e. The molecule has 0 aliphatic carbocycles. The topological polar surface area (TPSA) is 74.4 Å². The van der Waals surface area contributed by atoms with Crippen molar-refractivity contribution in [2.45, 2.75) is 51.2 Å². The Labute approximate surface area is 208 Å². The highest BCUT2D eigenvalue weighted by molar-refractivity contribution is 5.93. The van der Waals surface area contributed by atoms with E-state index in [9.17, 15) is 18.8 Å². The predicted octanol–water partition coefficient (Wildman–Crippen LogP) is 4.56. The van der Waals surface area contributed by atoms with E-state index in [0.29, 0.717) is 36.4 Å². The first-order valence-corrected chi connectivity index (χ1v) is 12.3. The summed E-state index contributed by atoms with van der Waals surface area (Å²) in [5.41, 5.74) is 3.02. The van der Waals surface area contributed by atoms with Crippen molar-refractivity contribution in [1.29, 1.82) is 5.26 Å². The number of halogens is 2. The fourth-order valence-electron chi connectivity index (χ4n) is 5.66. The fourth-order valence-corrected chi connectivity index (χ4v) is 5.66. The summed E-state index contributed by atoms with van der Waals surface area (Å²) >= 11 is 0. The SMILES string of the molecule is CCC(c1ccc(C(F)F)cc1)N1C[C@H]2COc3c(c4nc(C#N)ccc4n(C)c3=O)N2C[C@H]1CC. The molecule has 0 spiro atoms. The summed E-state index contributed by atoms with van der Waals surface area (Å²) in [6.45, 7) is 5.98. The van der Waals surface area contributed by atoms with Gasteiger partial charge in [-0.2, -0.15) is 5.26 Å². The van der Waals surface area contributed by atoms with Gasteiger partial charge in [0.05, 0.1) is 11.6 Å². The number of nitrogens with zero attached hydrogens (tertiary/aromatic N) is 5. The van der Waals surface area contributed by atoms with E-state index < -0.39 is 6.43 Å². The van der Waals surface area contributed by atoms with E-state index in [1.54, 1.807) is 19.2 Å². The third-order valence-corrected chi connectivity index (χ3v) is 7.57. The van der Waals surface area contributed by atoms with Crippen LogP contribution in [0.2, 0.25) is 0 Å². The second kappa shape index (κ2) is 9.51. The number of anilines is 1. The van der Waals surface area contributed by atoms with Crippen LogP contribution in [0.15, 0.2) is 41.2 Å². The van der Waals surface area contributed by atoms with Crippen molar-refractivity contribution >= 4 is 16.7 Å². The lowest BCUT2D eigenvalue weighted by atomic mass is 9.94. The molecule has 0 N–H and O–H groups in total. The van der Waals surface area contributed by atoms with Crippen LogP contribution in [-0.4, -0.2) is 46.2 Å². The van der Waals surface area contributed by atoms with Crippen molar-refractivity contribution in [2.75, 3.05) is 24.6 Å². The van der Waals surface area contributed by atoms with Crippen molar-refractivity contribution in [2.24, 2.45) is 7.05 Å². The Morgan fingerprint density at radius 3 is 2.50 bits per heavy atom. The Morgan fingerprint density at radius 1 is 1.14 bits per heavy atom. The van der Waals surface area contributed by atoms with Gasteiger partial charge in [0.2, 0.25) is 5.75 Å². The summed E-state index contributed by atoms with van der Waals surface area (Å²) < 4.78 is 33.8.